The molecule has 0 radical (unpaired) electrons. The zero-order valence-corrected chi connectivity index (χ0v) is 21.5. The van der Waals surface area contributed by atoms with Crippen molar-refractivity contribution in [3.8, 4) is 0 Å². The molecule has 1 amide bonds. The van der Waals surface area contributed by atoms with E-state index in [1.54, 1.807) is 7.11 Å². The molecule has 31 heavy (non-hydrogen) atoms. The summed E-state index contributed by atoms with van der Waals surface area (Å²) in [5.41, 5.74) is 1.34. The maximum atomic E-state index is 12.2. The second-order valence-electron chi connectivity index (χ2n) is 9.30. The van der Waals surface area contributed by atoms with Crippen LogP contribution in [0.4, 0.5) is 0 Å². The molecule has 174 valence electrons. The Morgan fingerprint density at radius 3 is 2.52 bits per heavy atom. The number of piperidine rings is 1. The lowest BCUT2D eigenvalue weighted by molar-refractivity contribution is -0.138. The summed E-state index contributed by atoms with van der Waals surface area (Å²) in [4.78, 5) is 16.9. The molecule has 1 aliphatic heterocycles. The normalized spacial score (nSPS) is 23.1. The number of ether oxygens (including phenoxy) is 1. The number of carbonyl (C=O) groups excluding carboxylic acids is 1. The highest BCUT2D eigenvalue weighted by Gasteiger charge is 2.28. The van der Waals surface area contributed by atoms with Crippen LogP contribution >= 0.6 is 27.5 Å². The van der Waals surface area contributed by atoms with Crippen molar-refractivity contribution in [3.05, 3.63) is 33.3 Å². The minimum absolute atomic E-state index is 0.140. The third-order valence-corrected chi connectivity index (χ3v) is 8.27. The summed E-state index contributed by atoms with van der Waals surface area (Å²) in [7, 11) is 1.60. The average molecular weight is 514 g/mol. The van der Waals surface area contributed by atoms with Gasteiger partial charge in [-0.05, 0) is 114 Å². The number of halogens is 2. The molecule has 1 saturated carbocycles. The highest BCUT2D eigenvalue weighted by Crippen LogP contribution is 2.31. The van der Waals surface area contributed by atoms with Crippen molar-refractivity contribution in [2.45, 2.75) is 64.3 Å². The van der Waals surface area contributed by atoms with Crippen LogP contribution in [0.15, 0.2) is 22.7 Å². The van der Waals surface area contributed by atoms with Gasteiger partial charge in [0.25, 0.3) is 0 Å². The summed E-state index contributed by atoms with van der Waals surface area (Å²) in [5, 5.41) is 0.829. The highest BCUT2D eigenvalue weighted by atomic mass is 79.9. The molecule has 0 atom stereocenters. The van der Waals surface area contributed by atoms with Gasteiger partial charge in [-0.1, -0.05) is 27.5 Å². The van der Waals surface area contributed by atoms with Gasteiger partial charge >= 0.3 is 0 Å². The maximum absolute atomic E-state index is 12.2. The molecular formula is C25H38BrClN2O2. The first-order chi connectivity index (χ1) is 15.0. The molecule has 1 aliphatic carbocycles. The van der Waals surface area contributed by atoms with E-state index in [4.69, 9.17) is 16.3 Å². The van der Waals surface area contributed by atoms with E-state index in [-0.39, 0.29) is 12.5 Å². The molecule has 0 bridgehead atoms. The van der Waals surface area contributed by atoms with Gasteiger partial charge in [0.1, 0.15) is 6.61 Å². The van der Waals surface area contributed by atoms with Crippen LogP contribution in [0, 0.1) is 11.8 Å². The molecule has 0 unspecified atom stereocenters. The zero-order valence-electron chi connectivity index (χ0n) is 19.1. The van der Waals surface area contributed by atoms with Crippen molar-refractivity contribution in [3.63, 3.8) is 0 Å². The first-order valence-corrected chi connectivity index (χ1v) is 13.1. The molecule has 1 saturated heterocycles. The van der Waals surface area contributed by atoms with E-state index < -0.39 is 0 Å². The van der Waals surface area contributed by atoms with E-state index >= 15 is 0 Å². The van der Waals surface area contributed by atoms with Gasteiger partial charge in [0.15, 0.2) is 0 Å². The van der Waals surface area contributed by atoms with Crippen molar-refractivity contribution in [2.75, 3.05) is 39.9 Å². The van der Waals surface area contributed by atoms with E-state index in [2.05, 4.69) is 39.9 Å². The first-order valence-electron chi connectivity index (χ1n) is 11.9. The van der Waals surface area contributed by atoms with Crippen LogP contribution in [-0.4, -0.2) is 61.6 Å². The molecule has 2 aliphatic rings. The second-order valence-corrected chi connectivity index (χ2v) is 10.6. The van der Waals surface area contributed by atoms with E-state index in [1.807, 2.05) is 11.0 Å². The van der Waals surface area contributed by atoms with Crippen LogP contribution in [0.2, 0.25) is 5.02 Å². The Kier molecular flexibility index (Phi) is 10.1. The summed E-state index contributed by atoms with van der Waals surface area (Å²) < 4.78 is 6.23. The smallest absolute Gasteiger partial charge is 0.248 e. The third-order valence-electron chi connectivity index (χ3n) is 7.26. The van der Waals surface area contributed by atoms with Crippen LogP contribution in [0.25, 0.3) is 0 Å². The van der Waals surface area contributed by atoms with Crippen LogP contribution in [0.1, 0.15) is 57.4 Å². The molecule has 1 aromatic carbocycles. The van der Waals surface area contributed by atoms with Gasteiger partial charge in [-0.2, -0.15) is 0 Å². The number of likely N-dealkylation sites (N-methyl/N-ethyl adjacent to an activating group) is 1. The van der Waals surface area contributed by atoms with Crippen LogP contribution in [-0.2, 0) is 16.0 Å². The van der Waals surface area contributed by atoms with Crippen molar-refractivity contribution < 1.29 is 9.53 Å². The number of benzene rings is 1. The van der Waals surface area contributed by atoms with Gasteiger partial charge in [-0.15, -0.1) is 0 Å². The van der Waals surface area contributed by atoms with Crippen molar-refractivity contribution in [2.24, 2.45) is 11.8 Å². The quantitative estimate of drug-likeness (QED) is 0.418. The summed E-state index contributed by atoms with van der Waals surface area (Å²) in [6.07, 6.45) is 9.76. The average Bonchev–Trinajstić information content (AvgIpc) is 2.77. The predicted molar refractivity (Wildman–Crippen MR) is 132 cm³/mol. The van der Waals surface area contributed by atoms with Gasteiger partial charge < -0.3 is 14.5 Å². The third kappa shape index (κ3) is 7.45. The van der Waals surface area contributed by atoms with E-state index in [0.29, 0.717) is 6.04 Å². The lowest BCUT2D eigenvalue weighted by Gasteiger charge is -2.37. The van der Waals surface area contributed by atoms with Gasteiger partial charge in [-0.25, -0.2) is 0 Å². The molecule has 2 fully saturated rings. The van der Waals surface area contributed by atoms with Gasteiger partial charge in [0, 0.05) is 29.2 Å². The monoisotopic (exact) mass is 512 g/mol. The number of hydrogen-bond acceptors (Lipinski definition) is 3. The highest BCUT2D eigenvalue weighted by molar-refractivity contribution is 9.10. The fraction of sp³-hybridized carbons (Fsp3) is 0.720. The SMILES string of the molecule is CCN(C(=O)COC)C1CCC(CCN2CCC(Cc3cc(Cl)ccc3Br)CC2)CC1. The molecular weight excluding hydrogens is 476 g/mol. The number of hydrogen-bond donors (Lipinski definition) is 0. The standard InChI is InChI=1S/C25H38BrClN2O2/c1-3-29(25(30)18-31-2)23-7-4-19(5-8-23)10-13-28-14-11-20(12-15-28)16-21-17-22(27)6-9-24(21)26/h6,9,17,19-20,23H,3-5,7-8,10-16,18H2,1-2H3. The fourth-order valence-electron chi connectivity index (χ4n) is 5.38. The molecule has 0 aromatic heterocycles. The molecule has 6 heteroatoms. The minimum Gasteiger partial charge on any atom is -0.375 e. The maximum Gasteiger partial charge on any atom is 0.248 e. The van der Waals surface area contributed by atoms with Gasteiger partial charge in [-0.3, -0.25) is 4.79 Å². The Hall–Kier alpha value is -0.620. The number of rotatable bonds is 9. The number of amides is 1. The minimum atomic E-state index is 0.140. The Morgan fingerprint density at radius 1 is 1.16 bits per heavy atom. The Balaban J connectivity index is 1.35. The second kappa shape index (κ2) is 12.6. The Bertz CT molecular complexity index is 701. The van der Waals surface area contributed by atoms with Gasteiger partial charge in [0.05, 0.1) is 0 Å². The summed E-state index contributed by atoms with van der Waals surface area (Å²) in [6, 6.07) is 6.53. The van der Waals surface area contributed by atoms with Crippen LogP contribution < -0.4 is 0 Å². The molecule has 1 heterocycles. The van der Waals surface area contributed by atoms with Crippen molar-refractivity contribution >= 4 is 33.4 Å². The van der Waals surface area contributed by atoms with Crippen LogP contribution in [0.3, 0.4) is 0 Å². The number of nitrogens with zero attached hydrogens (tertiary/aromatic N) is 2. The predicted octanol–water partition coefficient (Wildman–Crippen LogP) is 5.80. The summed E-state index contributed by atoms with van der Waals surface area (Å²) in [6.45, 7) is 6.73. The molecule has 3 rings (SSSR count). The molecule has 4 nitrogen and oxygen atoms in total. The summed E-state index contributed by atoms with van der Waals surface area (Å²) >= 11 is 9.86. The largest absolute Gasteiger partial charge is 0.375 e. The topological polar surface area (TPSA) is 32.8 Å². The molecule has 0 N–H and O–H groups in total. The lowest BCUT2D eigenvalue weighted by Crippen LogP contribution is -2.44. The van der Waals surface area contributed by atoms with E-state index in [9.17, 15) is 4.79 Å². The summed E-state index contributed by atoms with van der Waals surface area (Å²) in [5.74, 6) is 1.71. The Labute approximate surface area is 201 Å². The molecule has 1 aromatic rings. The fourth-order valence-corrected chi connectivity index (χ4v) is 5.98. The van der Waals surface area contributed by atoms with E-state index in [0.717, 1.165) is 42.7 Å². The number of methoxy groups -OCH3 is 1. The Morgan fingerprint density at radius 2 is 1.87 bits per heavy atom. The zero-order chi connectivity index (χ0) is 22.2. The van der Waals surface area contributed by atoms with Crippen molar-refractivity contribution in [1.29, 1.82) is 0 Å². The van der Waals surface area contributed by atoms with E-state index in [1.165, 1.54) is 61.8 Å². The first kappa shape index (κ1) is 25.0. The van der Waals surface area contributed by atoms with Gasteiger partial charge in [0.2, 0.25) is 5.91 Å². The lowest BCUT2D eigenvalue weighted by atomic mass is 9.83. The number of likely N-dealkylation sites (tertiary alicyclic amines) is 1. The van der Waals surface area contributed by atoms with Crippen molar-refractivity contribution in [1.82, 2.24) is 9.80 Å². The molecule has 0 spiro atoms. The number of carbonyl (C=O) groups is 1. The van der Waals surface area contributed by atoms with Crippen LogP contribution in [0.5, 0.6) is 0 Å².